The summed E-state index contributed by atoms with van der Waals surface area (Å²) in [5.74, 6) is 0.414. The second kappa shape index (κ2) is 13.8. The lowest BCUT2D eigenvalue weighted by molar-refractivity contribution is -0.124. The molecule has 4 N–H and O–H groups in total. The molecule has 1 amide bonds. The van der Waals surface area contributed by atoms with E-state index in [1.807, 2.05) is 92.7 Å². The van der Waals surface area contributed by atoms with E-state index in [1.54, 1.807) is 6.82 Å². The molecule has 6 nitrogen and oxygen atoms in total. The Morgan fingerprint density at radius 3 is 2.00 bits per heavy atom. The van der Waals surface area contributed by atoms with Crippen molar-refractivity contribution in [1.29, 1.82) is 0 Å². The Morgan fingerprint density at radius 2 is 1.44 bits per heavy atom. The van der Waals surface area contributed by atoms with Crippen LogP contribution in [0.2, 0.25) is 6.82 Å². The van der Waals surface area contributed by atoms with Crippen molar-refractivity contribution < 1.29 is 19.7 Å². The lowest BCUT2D eigenvalue weighted by atomic mass is 9.84. The fourth-order valence-corrected chi connectivity index (χ4v) is 4.47. The highest BCUT2D eigenvalue weighted by molar-refractivity contribution is 6.45. The van der Waals surface area contributed by atoms with Crippen molar-refractivity contribution in [3.05, 3.63) is 101 Å². The number of rotatable bonds is 13. The van der Waals surface area contributed by atoms with E-state index in [-0.39, 0.29) is 18.6 Å². The number of carbonyl (C=O) groups excluding carboxylic acids is 1. The fourth-order valence-electron chi connectivity index (χ4n) is 4.47. The Hall–Kier alpha value is -3.13. The third kappa shape index (κ3) is 8.83. The quantitative estimate of drug-likeness (QED) is 0.277. The average Bonchev–Trinajstić information content (AvgIpc) is 2.84. The smallest absolute Gasteiger partial charge is 0.373 e. The lowest BCUT2D eigenvalue weighted by Crippen LogP contribution is -2.50. The summed E-state index contributed by atoms with van der Waals surface area (Å²) in [6.07, 6.45) is 0.637. The maximum Gasteiger partial charge on any atom is 0.373 e. The molecule has 0 saturated heterocycles. The third-order valence-corrected chi connectivity index (χ3v) is 6.19. The summed E-state index contributed by atoms with van der Waals surface area (Å²) in [7, 11) is -0.723. The molecule has 0 unspecified atom stereocenters. The molecule has 0 spiro atoms. The number of carbonyl (C=O) groups is 1. The summed E-state index contributed by atoms with van der Waals surface area (Å²) in [4.78, 5) is 12.9. The van der Waals surface area contributed by atoms with Gasteiger partial charge >= 0.3 is 7.05 Å². The lowest BCUT2D eigenvalue weighted by Gasteiger charge is -2.29. The number of benzene rings is 3. The third-order valence-electron chi connectivity index (χ3n) is 6.19. The fraction of sp³-hybridized carbons (Fsp3) is 0.345. The Bertz CT molecular complexity index is 1060. The maximum atomic E-state index is 12.9. The molecule has 0 saturated carbocycles. The van der Waals surface area contributed by atoms with E-state index in [1.165, 1.54) is 0 Å². The number of amides is 1. The Balaban J connectivity index is 1.70. The molecule has 7 heteroatoms. The van der Waals surface area contributed by atoms with E-state index < -0.39 is 19.2 Å². The van der Waals surface area contributed by atoms with Crippen molar-refractivity contribution in [2.24, 2.45) is 0 Å². The van der Waals surface area contributed by atoms with Crippen LogP contribution >= 0.6 is 0 Å². The van der Waals surface area contributed by atoms with E-state index in [0.29, 0.717) is 25.0 Å². The van der Waals surface area contributed by atoms with Gasteiger partial charge in [0.05, 0.1) is 12.1 Å². The number of nitrogens with one attached hydrogen (secondary N) is 2. The van der Waals surface area contributed by atoms with Crippen LogP contribution in [-0.4, -0.2) is 47.9 Å². The van der Waals surface area contributed by atoms with E-state index in [9.17, 15) is 14.9 Å². The van der Waals surface area contributed by atoms with Crippen LogP contribution in [0.5, 0.6) is 5.75 Å². The van der Waals surface area contributed by atoms with E-state index >= 15 is 0 Å². The van der Waals surface area contributed by atoms with Gasteiger partial charge in [-0.1, -0.05) is 78.9 Å². The SMILES string of the molecule is CB(O)N[C@@H](Cc1ccccc1)C[C@H](O)[C@H](Cc1ccccc1)NC(=O)COc1c(C)cccc1C. The summed E-state index contributed by atoms with van der Waals surface area (Å²) in [6.45, 7) is 5.43. The molecule has 0 fully saturated rings. The van der Waals surface area contributed by atoms with Crippen molar-refractivity contribution in [2.45, 2.75) is 58.1 Å². The van der Waals surface area contributed by atoms with Gasteiger partial charge in [-0.3, -0.25) is 4.79 Å². The van der Waals surface area contributed by atoms with Crippen molar-refractivity contribution >= 4 is 13.0 Å². The minimum Gasteiger partial charge on any atom is -0.483 e. The highest BCUT2D eigenvalue weighted by Crippen LogP contribution is 2.22. The van der Waals surface area contributed by atoms with Gasteiger partial charge in [0.1, 0.15) is 5.75 Å². The first-order valence-electron chi connectivity index (χ1n) is 12.5. The van der Waals surface area contributed by atoms with Crippen LogP contribution < -0.4 is 15.3 Å². The zero-order chi connectivity index (χ0) is 25.9. The molecule has 0 aromatic heterocycles. The predicted molar refractivity (Wildman–Crippen MR) is 145 cm³/mol. The molecular weight excluding hydrogens is 451 g/mol. The van der Waals surface area contributed by atoms with Gasteiger partial charge in [0, 0.05) is 6.04 Å². The first-order valence-corrected chi connectivity index (χ1v) is 12.5. The number of hydrogen-bond acceptors (Lipinski definition) is 5. The summed E-state index contributed by atoms with van der Waals surface area (Å²) in [5, 5.41) is 27.4. The van der Waals surface area contributed by atoms with Crippen molar-refractivity contribution in [3.8, 4) is 5.75 Å². The minimum atomic E-state index is -0.839. The molecule has 190 valence electrons. The van der Waals surface area contributed by atoms with E-state index in [2.05, 4.69) is 10.5 Å². The number of aliphatic hydroxyl groups excluding tert-OH is 1. The van der Waals surface area contributed by atoms with Crippen LogP contribution in [0.1, 0.15) is 28.7 Å². The van der Waals surface area contributed by atoms with Gasteiger partial charge in [-0.15, -0.1) is 0 Å². The molecule has 3 aromatic carbocycles. The number of aryl methyl sites for hydroxylation is 2. The van der Waals surface area contributed by atoms with Gasteiger partial charge in [-0.25, -0.2) is 0 Å². The van der Waals surface area contributed by atoms with Gasteiger partial charge in [-0.2, -0.15) is 0 Å². The van der Waals surface area contributed by atoms with E-state index in [4.69, 9.17) is 4.74 Å². The van der Waals surface area contributed by atoms with Gasteiger partial charge in [0.25, 0.3) is 5.91 Å². The van der Waals surface area contributed by atoms with E-state index in [0.717, 1.165) is 22.3 Å². The summed E-state index contributed by atoms with van der Waals surface area (Å²) < 4.78 is 5.83. The second-order valence-corrected chi connectivity index (χ2v) is 9.41. The molecule has 0 aliphatic carbocycles. The van der Waals surface area contributed by atoms with Crippen molar-refractivity contribution in [3.63, 3.8) is 0 Å². The topological polar surface area (TPSA) is 90.8 Å². The second-order valence-electron chi connectivity index (χ2n) is 9.41. The standard InChI is InChI=1S/C29H37BN2O4/c1-21-11-10-12-22(2)29(21)36-20-28(34)31-26(18-24-15-8-5-9-16-24)27(33)19-25(32-30(3)35)17-23-13-6-4-7-14-23/h4-16,25-27,32-33,35H,17-20H2,1-3H3,(H,31,34)/t25-,26-,27-/m0/s1. The highest BCUT2D eigenvalue weighted by atomic mass is 16.5. The van der Waals surface area contributed by atoms with Crippen LogP contribution in [0.25, 0.3) is 0 Å². The molecule has 0 radical (unpaired) electrons. The molecule has 3 atom stereocenters. The largest absolute Gasteiger partial charge is 0.483 e. The predicted octanol–water partition coefficient (Wildman–Crippen LogP) is 3.47. The van der Waals surface area contributed by atoms with Crippen LogP contribution in [-0.2, 0) is 17.6 Å². The minimum absolute atomic E-state index is 0.136. The zero-order valence-corrected chi connectivity index (χ0v) is 21.4. The zero-order valence-electron chi connectivity index (χ0n) is 21.4. The van der Waals surface area contributed by atoms with Crippen molar-refractivity contribution in [2.75, 3.05) is 6.61 Å². The van der Waals surface area contributed by atoms with Crippen LogP contribution in [0.4, 0.5) is 0 Å². The Morgan fingerprint density at radius 1 is 0.889 bits per heavy atom. The first-order chi connectivity index (χ1) is 17.3. The Kier molecular flexibility index (Phi) is 10.5. The molecule has 0 aliphatic heterocycles. The number of ether oxygens (including phenoxy) is 1. The van der Waals surface area contributed by atoms with Gasteiger partial charge in [-0.05, 0) is 62.2 Å². The normalized spacial score (nSPS) is 13.5. The summed E-state index contributed by atoms with van der Waals surface area (Å²) in [5.41, 5.74) is 4.06. The number of aliphatic hydroxyl groups is 1. The molecule has 36 heavy (non-hydrogen) atoms. The van der Waals surface area contributed by atoms with Crippen LogP contribution in [0.3, 0.4) is 0 Å². The first kappa shape index (κ1) is 27.5. The average molecular weight is 488 g/mol. The molecule has 0 bridgehead atoms. The molecule has 3 rings (SSSR count). The molecule has 0 heterocycles. The van der Waals surface area contributed by atoms with Crippen LogP contribution in [0, 0.1) is 13.8 Å². The van der Waals surface area contributed by atoms with Gasteiger partial charge in [0.2, 0.25) is 0 Å². The maximum absolute atomic E-state index is 12.9. The monoisotopic (exact) mass is 488 g/mol. The van der Waals surface area contributed by atoms with Gasteiger partial charge < -0.3 is 25.4 Å². The summed E-state index contributed by atoms with van der Waals surface area (Å²) in [6, 6.07) is 24.9. The van der Waals surface area contributed by atoms with Gasteiger partial charge in [0.15, 0.2) is 6.61 Å². The Labute approximate surface area is 214 Å². The number of para-hydroxylation sites is 1. The molecule has 3 aromatic rings. The highest BCUT2D eigenvalue weighted by Gasteiger charge is 2.26. The summed E-state index contributed by atoms with van der Waals surface area (Å²) >= 11 is 0. The van der Waals surface area contributed by atoms with Crippen molar-refractivity contribution in [1.82, 2.24) is 10.5 Å². The number of hydrogen-bond donors (Lipinski definition) is 4. The molecular formula is C29H37BN2O4. The van der Waals surface area contributed by atoms with Crippen LogP contribution in [0.15, 0.2) is 78.9 Å². The molecule has 0 aliphatic rings.